The molecule has 176 valence electrons. The van der Waals surface area contributed by atoms with E-state index >= 15 is 0 Å². The molecule has 0 spiro atoms. The Morgan fingerprint density at radius 3 is 2.59 bits per heavy atom. The number of hydrogen-bond donors (Lipinski definition) is 1. The first-order valence-corrected chi connectivity index (χ1v) is 10.8. The number of aryl methyl sites for hydroxylation is 1. The third-order valence-corrected chi connectivity index (χ3v) is 6.43. The number of carbonyl (C=O) groups is 1. The smallest absolute Gasteiger partial charge is 0.224 e. The summed E-state index contributed by atoms with van der Waals surface area (Å²) in [6, 6.07) is 0.946. The van der Waals surface area contributed by atoms with Crippen LogP contribution >= 0.6 is 12.4 Å². The van der Waals surface area contributed by atoms with Gasteiger partial charge in [-0.25, -0.2) is 13.2 Å². The number of benzene rings is 1. The van der Waals surface area contributed by atoms with Gasteiger partial charge in [-0.15, -0.1) is 22.6 Å². The van der Waals surface area contributed by atoms with Gasteiger partial charge in [0.15, 0.2) is 11.6 Å². The Labute approximate surface area is 191 Å². The third-order valence-electron chi connectivity index (χ3n) is 6.43. The molecule has 0 saturated carbocycles. The third kappa shape index (κ3) is 4.78. The van der Waals surface area contributed by atoms with Gasteiger partial charge < -0.3 is 15.2 Å². The van der Waals surface area contributed by atoms with Crippen molar-refractivity contribution in [3.05, 3.63) is 46.8 Å². The standard InChI is InChI=1S/C22H28F3N5O.ClH/c1-12(2)22-28-27-20-4-3-13-11-29(6-5-19(13)30(20)22)21(31)9-15(26)7-14-8-17(24)18(25)10-16(14)23;/h8,10,12-13,15,19H,3-7,9,11,26H2,1-2H3;1H/t13-,15-,19-;/m1./s1. The average molecular weight is 472 g/mol. The Bertz CT molecular complexity index is 983. The highest BCUT2D eigenvalue weighted by atomic mass is 35.5. The SMILES string of the molecule is CC(C)c1nnc2n1[C@@H]1CCN(C(=O)C[C@H](N)Cc3cc(F)c(F)cc3F)C[C@H]1CC2.Cl. The summed E-state index contributed by atoms with van der Waals surface area (Å²) in [5, 5.41) is 8.73. The van der Waals surface area contributed by atoms with Crippen LogP contribution in [0.25, 0.3) is 0 Å². The van der Waals surface area contributed by atoms with Crippen molar-refractivity contribution in [2.75, 3.05) is 13.1 Å². The summed E-state index contributed by atoms with van der Waals surface area (Å²) in [7, 11) is 0. The fourth-order valence-corrected chi connectivity index (χ4v) is 4.88. The Morgan fingerprint density at radius 2 is 1.88 bits per heavy atom. The molecule has 0 radical (unpaired) electrons. The number of amides is 1. The lowest BCUT2D eigenvalue weighted by Gasteiger charge is -2.42. The van der Waals surface area contributed by atoms with Crippen LogP contribution in [0.15, 0.2) is 12.1 Å². The Balaban J connectivity index is 0.00000289. The van der Waals surface area contributed by atoms with Gasteiger partial charge in [-0.05, 0) is 36.8 Å². The van der Waals surface area contributed by atoms with Crippen LogP contribution in [0.4, 0.5) is 13.2 Å². The maximum atomic E-state index is 13.9. The molecule has 1 fully saturated rings. The topological polar surface area (TPSA) is 77.0 Å². The maximum absolute atomic E-state index is 13.9. The summed E-state index contributed by atoms with van der Waals surface area (Å²) in [5.74, 6) is -0.655. The van der Waals surface area contributed by atoms with E-state index in [-0.39, 0.29) is 42.6 Å². The molecule has 0 aliphatic carbocycles. The summed E-state index contributed by atoms with van der Waals surface area (Å²) < 4.78 is 42.7. The highest BCUT2D eigenvalue weighted by Crippen LogP contribution is 2.38. The van der Waals surface area contributed by atoms with E-state index in [0.29, 0.717) is 31.1 Å². The number of likely N-dealkylation sites (tertiary alicyclic amines) is 1. The van der Waals surface area contributed by atoms with Crippen molar-refractivity contribution in [3.8, 4) is 0 Å². The van der Waals surface area contributed by atoms with E-state index in [1.54, 1.807) is 0 Å². The lowest BCUT2D eigenvalue weighted by Crippen LogP contribution is -2.47. The van der Waals surface area contributed by atoms with Gasteiger partial charge in [-0.3, -0.25) is 4.79 Å². The number of halogens is 4. The molecular formula is C22H29ClF3N5O. The normalized spacial score (nSPS) is 21.0. The Kier molecular flexibility index (Phi) is 7.50. The van der Waals surface area contributed by atoms with Crippen LogP contribution < -0.4 is 5.73 Å². The molecule has 10 heteroatoms. The van der Waals surface area contributed by atoms with Gasteiger partial charge in [0, 0.05) is 50.0 Å². The van der Waals surface area contributed by atoms with Gasteiger partial charge in [0.05, 0.1) is 0 Å². The molecule has 6 nitrogen and oxygen atoms in total. The lowest BCUT2D eigenvalue weighted by atomic mass is 9.84. The highest BCUT2D eigenvalue weighted by molar-refractivity contribution is 5.85. The second kappa shape index (κ2) is 9.79. The molecule has 2 aliphatic rings. The summed E-state index contributed by atoms with van der Waals surface area (Å²) in [4.78, 5) is 14.7. The molecule has 3 atom stereocenters. The van der Waals surface area contributed by atoms with E-state index in [4.69, 9.17) is 5.73 Å². The molecule has 0 bridgehead atoms. The summed E-state index contributed by atoms with van der Waals surface area (Å²) in [5.41, 5.74) is 6.03. The van der Waals surface area contributed by atoms with E-state index < -0.39 is 23.5 Å². The first kappa shape index (κ1) is 24.5. The minimum Gasteiger partial charge on any atom is -0.342 e. The van der Waals surface area contributed by atoms with Crippen LogP contribution in [0.5, 0.6) is 0 Å². The number of carbonyl (C=O) groups excluding carboxylic acids is 1. The van der Waals surface area contributed by atoms with Crippen LogP contribution in [0, 0.1) is 23.4 Å². The first-order valence-electron chi connectivity index (χ1n) is 10.8. The van der Waals surface area contributed by atoms with Gasteiger partial charge in [0.2, 0.25) is 5.91 Å². The van der Waals surface area contributed by atoms with Crippen molar-refractivity contribution < 1.29 is 18.0 Å². The minimum atomic E-state index is -1.24. The fourth-order valence-electron chi connectivity index (χ4n) is 4.88. The van der Waals surface area contributed by atoms with Crippen molar-refractivity contribution in [3.63, 3.8) is 0 Å². The molecular weight excluding hydrogens is 443 g/mol. The number of nitrogens with two attached hydrogens (primary N) is 1. The predicted molar refractivity (Wildman–Crippen MR) is 116 cm³/mol. The van der Waals surface area contributed by atoms with Crippen molar-refractivity contribution in [1.29, 1.82) is 0 Å². The van der Waals surface area contributed by atoms with E-state index in [0.717, 1.165) is 37.0 Å². The minimum absolute atomic E-state index is 0. The Hall–Kier alpha value is -2.13. The quantitative estimate of drug-likeness (QED) is 0.677. The molecule has 1 aromatic carbocycles. The van der Waals surface area contributed by atoms with Crippen LogP contribution in [0.3, 0.4) is 0 Å². The number of hydrogen-bond acceptors (Lipinski definition) is 4. The van der Waals surface area contributed by atoms with Crippen LogP contribution in [-0.2, 0) is 17.6 Å². The van der Waals surface area contributed by atoms with Gasteiger partial charge in [-0.2, -0.15) is 0 Å². The van der Waals surface area contributed by atoms with E-state index in [2.05, 4.69) is 28.6 Å². The second-order valence-corrected chi connectivity index (χ2v) is 9.02. The molecule has 4 rings (SSSR count). The summed E-state index contributed by atoms with van der Waals surface area (Å²) in [6.07, 6.45) is 2.63. The highest BCUT2D eigenvalue weighted by Gasteiger charge is 2.38. The predicted octanol–water partition coefficient (Wildman–Crippen LogP) is 3.54. The number of fused-ring (bicyclic) bond motifs is 3. The lowest BCUT2D eigenvalue weighted by molar-refractivity contribution is -0.134. The number of aromatic nitrogens is 3. The van der Waals surface area contributed by atoms with Crippen molar-refractivity contribution in [2.45, 2.75) is 64.0 Å². The fraction of sp³-hybridized carbons (Fsp3) is 0.591. The zero-order chi connectivity index (χ0) is 22.3. The molecule has 3 heterocycles. The molecule has 0 unspecified atom stereocenters. The summed E-state index contributed by atoms with van der Waals surface area (Å²) in [6.45, 7) is 5.47. The zero-order valence-electron chi connectivity index (χ0n) is 18.2. The van der Waals surface area contributed by atoms with Gasteiger partial charge >= 0.3 is 0 Å². The average Bonchev–Trinajstić information content (AvgIpc) is 3.16. The zero-order valence-corrected chi connectivity index (χ0v) is 19.0. The first-order chi connectivity index (χ1) is 14.7. The van der Waals surface area contributed by atoms with Crippen LogP contribution in [-0.4, -0.2) is 44.7 Å². The van der Waals surface area contributed by atoms with Crippen molar-refractivity contribution in [2.24, 2.45) is 11.7 Å². The molecule has 2 aromatic rings. The number of rotatable bonds is 5. The molecule has 1 saturated heterocycles. The van der Waals surface area contributed by atoms with Crippen LogP contribution in [0.1, 0.15) is 62.3 Å². The largest absolute Gasteiger partial charge is 0.342 e. The Morgan fingerprint density at radius 1 is 1.16 bits per heavy atom. The van der Waals surface area contributed by atoms with Gasteiger partial charge in [-0.1, -0.05) is 13.8 Å². The van der Waals surface area contributed by atoms with Crippen molar-refractivity contribution in [1.82, 2.24) is 19.7 Å². The molecule has 32 heavy (non-hydrogen) atoms. The van der Waals surface area contributed by atoms with Crippen LogP contribution in [0.2, 0.25) is 0 Å². The molecule has 2 aliphatic heterocycles. The number of piperidine rings is 1. The molecule has 2 N–H and O–H groups in total. The maximum Gasteiger partial charge on any atom is 0.224 e. The number of nitrogens with zero attached hydrogens (tertiary/aromatic N) is 4. The van der Waals surface area contributed by atoms with E-state index in [1.165, 1.54) is 0 Å². The second-order valence-electron chi connectivity index (χ2n) is 9.02. The van der Waals surface area contributed by atoms with Gasteiger partial charge in [0.1, 0.15) is 17.5 Å². The van der Waals surface area contributed by atoms with E-state index in [1.807, 2.05) is 4.90 Å². The monoisotopic (exact) mass is 471 g/mol. The summed E-state index contributed by atoms with van der Waals surface area (Å²) >= 11 is 0. The van der Waals surface area contributed by atoms with Gasteiger partial charge in [0.25, 0.3) is 0 Å². The molecule has 1 aromatic heterocycles. The van der Waals surface area contributed by atoms with Crippen molar-refractivity contribution >= 4 is 18.3 Å². The van der Waals surface area contributed by atoms with E-state index in [9.17, 15) is 18.0 Å². The molecule has 1 amide bonds.